The fourth-order valence-corrected chi connectivity index (χ4v) is 4.53. The first-order chi connectivity index (χ1) is 20.9. The van der Waals surface area contributed by atoms with E-state index < -0.39 is 11.9 Å². The van der Waals surface area contributed by atoms with E-state index in [-0.39, 0.29) is 12.0 Å². The van der Waals surface area contributed by atoms with Crippen molar-refractivity contribution in [3.8, 4) is 28.7 Å². The SMILES string of the molecule is COc1cc(Oc2ccnc3cc(OCCO[C@@H]4CCCCO4)c(OC)cc23)ccc1NC(=O)NC(=O)c1cncn1C. The molecular weight excluding hydrogens is 558 g/mol. The van der Waals surface area contributed by atoms with Crippen LogP contribution in [-0.4, -0.2) is 66.8 Å². The normalized spacial score (nSPS) is 14.6. The Bertz CT molecular complexity index is 1580. The largest absolute Gasteiger partial charge is 0.494 e. The van der Waals surface area contributed by atoms with Gasteiger partial charge >= 0.3 is 6.03 Å². The highest BCUT2D eigenvalue weighted by Crippen LogP contribution is 2.38. The van der Waals surface area contributed by atoms with Gasteiger partial charge in [0, 0.05) is 37.4 Å². The number of anilines is 1. The zero-order chi connectivity index (χ0) is 30.2. The van der Waals surface area contributed by atoms with E-state index in [1.54, 1.807) is 56.8 Å². The third kappa shape index (κ3) is 7.31. The minimum absolute atomic E-state index is 0.181. The van der Waals surface area contributed by atoms with Crippen molar-refractivity contribution in [2.45, 2.75) is 25.6 Å². The van der Waals surface area contributed by atoms with Crippen LogP contribution in [0.25, 0.3) is 10.9 Å². The molecule has 1 aliphatic heterocycles. The molecule has 13 heteroatoms. The Kier molecular flexibility index (Phi) is 9.54. The first-order valence-electron chi connectivity index (χ1n) is 13.7. The number of carbonyl (C=O) groups excluding carboxylic acids is 2. The second-order valence-electron chi connectivity index (χ2n) is 9.61. The molecule has 226 valence electrons. The molecule has 0 aliphatic carbocycles. The van der Waals surface area contributed by atoms with Gasteiger partial charge in [-0.25, -0.2) is 9.78 Å². The van der Waals surface area contributed by atoms with Crippen molar-refractivity contribution in [2.75, 3.05) is 39.4 Å². The number of urea groups is 1. The molecule has 0 bridgehead atoms. The van der Waals surface area contributed by atoms with Gasteiger partial charge in [0.15, 0.2) is 17.8 Å². The molecule has 13 nitrogen and oxygen atoms in total. The smallest absolute Gasteiger partial charge is 0.326 e. The van der Waals surface area contributed by atoms with E-state index in [4.69, 9.17) is 28.4 Å². The average molecular weight is 592 g/mol. The third-order valence-electron chi connectivity index (χ3n) is 6.69. The number of methoxy groups -OCH3 is 2. The van der Waals surface area contributed by atoms with Gasteiger partial charge in [0.2, 0.25) is 0 Å². The molecule has 3 amide bonds. The van der Waals surface area contributed by atoms with Crippen molar-refractivity contribution in [3.05, 3.63) is 60.8 Å². The number of nitrogens with one attached hydrogen (secondary N) is 2. The van der Waals surface area contributed by atoms with Gasteiger partial charge in [-0.2, -0.15) is 0 Å². The minimum atomic E-state index is -0.725. The monoisotopic (exact) mass is 591 g/mol. The van der Waals surface area contributed by atoms with Crippen LogP contribution in [0.2, 0.25) is 0 Å². The summed E-state index contributed by atoms with van der Waals surface area (Å²) in [5.41, 5.74) is 1.22. The number of rotatable bonds is 11. The van der Waals surface area contributed by atoms with Crippen LogP contribution in [0.5, 0.6) is 28.7 Å². The van der Waals surface area contributed by atoms with Gasteiger partial charge in [-0.1, -0.05) is 0 Å². The molecule has 1 atom stereocenters. The number of aromatic nitrogens is 3. The molecule has 2 aromatic heterocycles. The summed E-state index contributed by atoms with van der Waals surface area (Å²) in [6, 6.07) is 9.49. The maximum Gasteiger partial charge on any atom is 0.326 e. The standard InChI is InChI=1S/C30H33N5O8/c1-35-18-31-17-23(35)29(36)34-30(37)33-21-8-7-19(14-25(21)38-2)43-24-9-10-32-22-16-27(26(39-3)15-20(22)24)40-12-13-42-28-6-4-5-11-41-28/h7-10,14-18,28H,4-6,11-13H2,1-3H3,(H2,33,34,36,37)/t28-/m1/s1. The number of fused-ring (bicyclic) bond motifs is 1. The summed E-state index contributed by atoms with van der Waals surface area (Å²) in [6.07, 6.45) is 7.34. The number of aryl methyl sites for hydroxylation is 1. The van der Waals surface area contributed by atoms with E-state index in [2.05, 4.69) is 20.6 Å². The Morgan fingerprint density at radius 3 is 2.63 bits per heavy atom. The molecular formula is C30H33N5O8. The molecule has 0 spiro atoms. The van der Waals surface area contributed by atoms with Crippen molar-refractivity contribution in [1.82, 2.24) is 19.9 Å². The first-order valence-corrected chi connectivity index (χ1v) is 13.7. The van der Waals surface area contributed by atoms with Crippen molar-refractivity contribution < 1.29 is 38.0 Å². The third-order valence-corrected chi connectivity index (χ3v) is 6.69. The molecule has 43 heavy (non-hydrogen) atoms. The summed E-state index contributed by atoms with van der Waals surface area (Å²) in [6.45, 7) is 1.44. The maximum absolute atomic E-state index is 12.5. The maximum atomic E-state index is 12.5. The van der Waals surface area contributed by atoms with Gasteiger partial charge in [-0.3, -0.25) is 15.1 Å². The van der Waals surface area contributed by atoms with E-state index in [9.17, 15) is 9.59 Å². The number of imide groups is 1. The van der Waals surface area contributed by atoms with Crippen molar-refractivity contribution in [2.24, 2.45) is 7.05 Å². The molecule has 0 radical (unpaired) electrons. The highest BCUT2D eigenvalue weighted by molar-refractivity contribution is 6.07. The molecule has 1 aliphatic rings. The molecule has 0 unspecified atom stereocenters. The molecule has 1 fully saturated rings. The lowest BCUT2D eigenvalue weighted by molar-refractivity contribution is -0.165. The van der Waals surface area contributed by atoms with Crippen LogP contribution in [0.3, 0.4) is 0 Å². The van der Waals surface area contributed by atoms with Crippen LogP contribution in [0.4, 0.5) is 10.5 Å². The van der Waals surface area contributed by atoms with E-state index >= 15 is 0 Å². The van der Waals surface area contributed by atoms with E-state index in [0.717, 1.165) is 25.9 Å². The predicted octanol–water partition coefficient (Wildman–Crippen LogP) is 4.66. The quantitative estimate of drug-likeness (QED) is 0.236. The Morgan fingerprint density at radius 2 is 1.88 bits per heavy atom. The highest BCUT2D eigenvalue weighted by Gasteiger charge is 2.17. The van der Waals surface area contributed by atoms with Crippen LogP contribution in [0.15, 0.2) is 55.1 Å². The molecule has 0 saturated carbocycles. The zero-order valence-electron chi connectivity index (χ0n) is 24.1. The molecule has 2 N–H and O–H groups in total. The topological polar surface area (TPSA) is 144 Å². The van der Waals surface area contributed by atoms with Crippen LogP contribution in [0.1, 0.15) is 29.8 Å². The molecule has 2 aromatic carbocycles. The second kappa shape index (κ2) is 13.9. The Labute approximate surface area is 248 Å². The number of amides is 3. The Balaban J connectivity index is 1.25. The molecule has 4 aromatic rings. The van der Waals surface area contributed by atoms with Crippen molar-refractivity contribution in [3.63, 3.8) is 0 Å². The fourth-order valence-electron chi connectivity index (χ4n) is 4.53. The number of nitrogens with zero attached hydrogens (tertiary/aromatic N) is 3. The van der Waals surface area contributed by atoms with E-state index in [1.165, 1.54) is 24.2 Å². The highest BCUT2D eigenvalue weighted by atomic mass is 16.7. The molecule has 5 rings (SSSR count). The van der Waals surface area contributed by atoms with Crippen LogP contribution >= 0.6 is 0 Å². The predicted molar refractivity (Wildman–Crippen MR) is 156 cm³/mol. The first kappa shape index (κ1) is 29.6. The van der Waals surface area contributed by atoms with Gasteiger partial charge in [0.05, 0.1) is 44.6 Å². The van der Waals surface area contributed by atoms with Gasteiger partial charge in [-0.15, -0.1) is 0 Å². The number of imidazole rings is 1. The Morgan fingerprint density at radius 1 is 1.02 bits per heavy atom. The number of ether oxygens (including phenoxy) is 6. The number of carbonyl (C=O) groups is 2. The van der Waals surface area contributed by atoms with Gasteiger partial charge in [0.25, 0.3) is 5.91 Å². The lowest BCUT2D eigenvalue weighted by Gasteiger charge is -2.22. The van der Waals surface area contributed by atoms with Crippen molar-refractivity contribution >= 4 is 28.5 Å². The summed E-state index contributed by atoms with van der Waals surface area (Å²) in [5, 5.41) is 5.58. The fraction of sp³-hybridized carbons (Fsp3) is 0.333. The van der Waals surface area contributed by atoms with Gasteiger partial charge < -0.3 is 38.3 Å². The van der Waals surface area contributed by atoms with Gasteiger partial charge in [-0.05, 0) is 43.5 Å². The van der Waals surface area contributed by atoms with Gasteiger partial charge in [0.1, 0.15) is 29.5 Å². The number of hydrogen-bond acceptors (Lipinski definition) is 10. The number of pyridine rings is 1. The van der Waals surface area contributed by atoms with Crippen molar-refractivity contribution in [1.29, 1.82) is 0 Å². The summed E-state index contributed by atoms with van der Waals surface area (Å²) in [7, 11) is 4.68. The van der Waals surface area contributed by atoms with Crippen LogP contribution in [0, 0.1) is 0 Å². The number of hydrogen-bond donors (Lipinski definition) is 2. The van der Waals surface area contributed by atoms with E-state index in [0.29, 0.717) is 58.6 Å². The summed E-state index contributed by atoms with van der Waals surface area (Å²) in [5.74, 6) is 1.76. The lowest BCUT2D eigenvalue weighted by Crippen LogP contribution is -2.35. The molecule has 3 heterocycles. The lowest BCUT2D eigenvalue weighted by atomic mass is 10.1. The molecule has 1 saturated heterocycles. The summed E-state index contributed by atoms with van der Waals surface area (Å²) in [4.78, 5) is 33.1. The van der Waals surface area contributed by atoms with Crippen LogP contribution in [-0.2, 0) is 16.5 Å². The zero-order valence-corrected chi connectivity index (χ0v) is 24.1. The summed E-state index contributed by atoms with van der Waals surface area (Å²) < 4.78 is 36.0. The Hall–Kier alpha value is -4.88. The average Bonchev–Trinajstić information content (AvgIpc) is 3.46. The van der Waals surface area contributed by atoms with Crippen LogP contribution < -0.4 is 29.6 Å². The second-order valence-corrected chi connectivity index (χ2v) is 9.61. The van der Waals surface area contributed by atoms with E-state index in [1.807, 2.05) is 0 Å². The minimum Gasteiger partial charge on any atom is -0.494 e. The summed E-state index contributed by atoms with van der Waals surface area (Å²) >= 11 is 0. The number of benzene rings is 2.